The molecular formula is C11H9BrN2O2S3. The lowest BCUT2D eigenvalue weighted by Crippen LogP contribution is -2.25. The Morgan fingerprint density at radius 2 is 2.21 bits per heavy atom. The smallest absolute Gasteiger partial charge is 0.206 e. The molecule has 2 aromatic heterocycles. The van der Waals surface area contributed by atoms with Crippen LogP contribution < -0.4 is 0 Å². The molecule has 0 amide bonds. The third kappa shape index (κ3) is 3.24. The van der Waals surface area contributed by atoms with Gasteiger partial charge in [-0.05, 0) is 34.1 Å². The van der Waals surface area contributed by atoms with E-state index in [0.29, 0.717) is 11.4 Å². The highest BCUT2D eigenvalue weighted by molar-refractivity contribution is 9.10. The summed E-state index contributed by atoms with van der Waals surface area (Å²) >= 11 is 5.82. The van der Waals surface area contributed by atoms with Crippen LogP contribution in [0.25, 0.3) is 0 Å². The van der Waals surface area contributed by atoms with E-state index in [1.54, 1.807) is 0 Å². The highest BCUT2D eigenvalue weighted by Crippen LogP contribution is 2.26. The number of nitrogens with zero attached hydrogens (tertiary/aromatic N) is 2. The van der Waals surface area contributed by atoms with Gasteiger partial charge in [-0.25, -0.2) is 8.42 Å². The second kappa shape index (κ2) is 5.73. The topological polar surface area (TPSA) is 61.2 Å². The Labute approximate surface area is 128 Å². The van der Waals surface area contributed by atoms with E-state index in [0.717, 1.165) is 20.7 Å². The highest BCUT2D eigenvalue weighted by atomic mass is 79.9. The van der Waals surface area contributed by atoms with Crippen molar-refractivity contribution in [3.05, 3.63) is 37.8 Å². The molecule has 0 spiro atoms. The van der Waals surface area contributed by atoms with Crippen molar-refractivity contribution in [1.82, 2.24) is 4.31 Å². The Morgan fingerprint density at radius 3 is 2.74 bits per heavy atom. The van der Waals surface area contributed by atoms with Gasteiger partial charge in [-0.3, -0.25) is 0 Å². The Balaban J connectivity index is 2.22. The van der Waals surface area contributed by atoms with Crippen molar-refractivity contribution >= 4 is 48.6 Å². The number of nitriles is 1. The van der Waals surface area contributed by atoms with Gasteiger partial charge in [-0.2, -0.15) is 9.57 Å². The minimum absolute atomic E-state index is 0.196. The maximum Gasteiger partial charge on any atom is 0.252 e. The zero-order valence-corrected chi connectivity index (χ0v) is 13.9. The van der Waals surface area contributed by atoms with Crippen LogP contribution in [0.1, 0.15) is 9.75 Å². The first kappa shape index (κ1) is 14.7. The van der Waals surface area contributed by atoms with E-state index < -0.39 is 10.0 Å². The predicted octanol–water partition coefficient (Wildman–Crippen LogP) is 3.26. The monoisotopic (exact) mass is 376 g/mol. The van der Waals surface area contributed by atoms with E-state index in [9.17, 15) is 8.42 Å². The van der Waals surface area contributed by atoms with Crippen molar-refractivity contribution in [2.45, 2.75) is 10.8 Å². The van der Waals surface area contributed by atoms with E-state index in [1.807, 2.05) is 17.5 Å². The second-order valence-corrected chi connectivity index (χ2v) is 8.99. The lowest BCUT2D eigenvalue weighted by molar-refractivity contribution is 0.471. The SMILES string of the molecule is CN(Cc1cc(Br)cs1)S(=O)(=O)c1ccc(C#N)s1. The molecule has 0 saturated heterocycles. The number of hydrogen-bond acceptors (Lipinski definition) is 5. The maximum absolute atomic E-state index is 12.3. The molecule has 0 aliphatic rings. The molecule has 0 bridgehead atoms. The van der Waals surface area contributed by atoms with Crippen molar-refractivity contribution in [3.8, 4) is 6.07 Å². The second-order valence-electron chi connectivity index (χ2n) is 3.72. The number of thiophene rings is 2. The van der Waals surface area contributed by atoms with E-state index >= 15 is 0 Å². The fraction of sp³-hybridized carbons (Fsp3) is 0.182. The fourth-order valence-electron chi connectivity index (χ4n) is 1.41. The van der Waals surface area contributed by atoms with Crippen LogP contribution in [0.5, 0.6) is 0 Å². The molecule has 2 heterocycles. The highest BCUT2D eigenvalue weighted by Gasteiger charge is 2.23. The molecule has 8 heteroatoms. The fourth-order valence-corrected chi connectivity index (χ4v) is 5.46. The van der Waals surface area contributed by atoms with Gasteiger partial charge in [0.05, 0.1) is 0 Å². The average Bonchev–Trinajstić information content (AvgIpc) is 2.98. The van der Waals surface area contributed by atoms with Crippen molar-refractivity contribution < 1.29 is 8.42 Å². The van der Waals surface area contributed by atoms with Gasteiger partial charge in [0.1, 0.15) is 15.2 Å². The normalized spacial score (nSPS) is 11.7. The molecule has 0 fully saturated rings. The minimum atomic E-state index is -3.53. The van der Waals surface area contributed by atoms with Crippen LogP contribution >= 0.6 is 38.6 Å². The number of rotatable bonds is 4. The lowest BCUT2D eigenvalue weighted by Gasteiger charge is -2.14. The molecule has 100 valence electrons. The van der Waals surface area contributed by atoms with Crippen LogP contribution in [0.4, 0.5) is 0 Å². The minimum Gasteiger partial charge on any atom is -0.206 e. The Bertz CT molecular complexity index is 727. The molecule has 0 aliphatic carbocycles. The first-order valence-corrected chi connectivity index (χ1v) is 9.05. The summed E-state index contributed by atoms with van der Waals surface area (Å²) in [7, 11) is -1.99. The first-order chi connectivity index (χ1) is 8.93. The van der Waals surface area contributed by atoms with Crippen LogP contribution in [0.2, 0.25) is 0 Å². The molecule has 2 aromatic rings. The van der Waals surface area contributed by atoms with E-state index in [2.05, 4.69) is 15.9 Å². The van der Waals surface area contributed by atoms with Crippen LogP contribution in [0.15, 0.2) is 32.3 Å². The van der Waals surface area contributed by atoms with Gasteiger partial charge in [0.15, 0.2) is 0 Å². The molecule has 0 aliphatic heterocycles. The van der Waals surface area contributed by atoms with Crippen molar-refractivity contribution in [2.24, 2.45) is 0 Å². The number of halogens is 1. The van der Waals surface area contributed by atoms with Gasteiger partial charge in [0.2, 0.25) is 0 Å². The van der Waals surface area contributed by atoms with Crippen molar-refractivity contribution in [1.29, 1.82) is 5.26 Å². The average molecular weight is 377 g/mol. The summed E-state index contributed by atoms with van der Waals surface area (Å²) in [5.41, 5.74) is 0. The van der Waals surface area contributed by atoms with Crippen LogP contribution in [0.3, 0.4) is 0 Å². The summed E-state index contributed by atoms with van der Waals surface area (Å²) in [6.07, 6.45) is 0. The van der Waals surface area contributed by atoms with Gasteiger partial charge in [0.25, 0.3) is 10.0 Å². The number of hydrogen-bond donors (Lipinski definition) is 0. The molecule has 0 aromatic carbocycles. The summed E-state index contributed by atoms with van der Waals surface area (Å²) in [6, 6.07) is 6.83. The maximum atomic E-state index is 12.3. The largest absolute Gasteiger partial charge is 0.252 e. The van der Waals surface area contributed by atoms with E-state index in [-0.39, 0.29) is 4.21 Å². The summed E-state index contributed by atoms with van der Waals surface area (Å²) in [5.74, 6) is 0. The van der Waals surface area contributed by atoms with Crippen LogP contribution in [0, 0.1) is 11.3 Å². The van der Waals surface area contributed by atoms with Gasteiger partial charge in [-0.15, -0.1) is 22.7 Å². The molecule has 0 saturated carbocycles. The number of sulfonamides is 1. The van der Waals surface area contributed by atoms with Gasteiger partial charge >= 0.3 is 0 Å². The van der Waals surface area contributed by atoms with E-state index in [1.165, 1.54) is 34.8 Å². The Hall–Kier alpha value is -0.720. The van der Waals surface area contributed by atoms with E-state index in [4.69, 9.17) is 5.26 Å². The molecule has 0 radical (unpaired) electrons. The third-order valence-corrected chi connectivity index (χ3v) is 7.30. The van der Waals surface area contributed by atoms with Crippen LogP contribution in [-0.2, 0) is 16.6 Å². The lowest BCUT2D eigenvalue weighted by atomic mass is 10.5. The quantitative estimate of drug-likeness (QED) is 0.822. The summed E-state index contributed by atoms with van der Waals surface area (Å²) < 4.78 is 27.0. The Morgan fingerprint density at radius 1 is 1.47 bits per heavy atom. The van der Waals surface area contributed by atoms with Crippen molar-refractivity contribution in [2.75, 3.05) is 7.05 Å². The summed E-state index contributed by atoms with van der Waals surface area (Å²) in [5, 5.41) is 10.7. The van der Waals surface area contributed by atoms with Crippen LogP contribution in [-0.4, -0.2) is 19.8 Å². The zero-order valence-electron chi connectivity index (χ0n) is 9.83. The van der Waals surface area contributed by atoms with Gasteiger partial charge in [-0.1, -0.05) is 0 Å². The van der Waals surface area contributed by atoms with Crippen molar-refractivity contribution in [3.63, 3.8) is 0 Å². The Kier molecular flexibility index (Phi) is 4.43. The van der Waals surface area contributed by atoms with Gasteiger partial charge in [0, 0.05) is 28.3 Å². The molecule has 19 heavy (non-hydrogen) atoms. The standard InChI is InChI=1S/C11H9BrN2O2S3/c1-14(6-10-4-8(12)7-17-10)19(15,16)11-3-2-9(5-13)18-11/h2-4,7H,6H2,1H3. The summed E-state index contributed by atoms with van der Waals surface area (Å²) in [4.78, 5) is 1.35. The predicted molar refractivity (Wildman–Crippen MR) is 79.7 cm³/mol. The molecule has 2 rings (SSSR count). The first-order valence-electron chi connectivity index (χ1n) is 5.12. The zero-order chi connectivity index (χ0) is 14.0. The summed E-state index contributed by atoms with van der Waals surface area (Å²) in [6.45, 7) is 0.318. The molecular weight excluding hydrogens is 368 g/mol. The molecule has 0 unspecified atom stereocenters. The third-order valence-electron chi connectivity index (χ3n) is 2.36. The molecule has 0 N–H and O–H groups in total. The molecule has 0 atom stereocenters. The molecule has 4 nitrogen and oxygen atoms in total. The van der Waals surface area contributed by atoms with Gasteiger partial charge < -0.3 is 0 Å².